The molecular formula is C32H44ClN7O3. The first-order valence-corrected chi connectivity index (χ1v) is 15.7. The summed E-state index contributed by atoms with van der Waals surface area (Å²) in [5.74, 6) is -0.0740. The van der Waals surface area contributed by atoms with Gasteiger partial charge in [-0.3, -0.25) is 4.79 Å². The Kier molecular flexibility index (Phi) is 9.66. The second-order valence-electron chi connectivity index (χ2n) is 12.2. The maximum Gasteiger partial charge on any atom is 0.322 e. The summed E-state index contributed by atoms with van der Waals surface area (Å²) in [5.41, 5.74) is 10.5. The van der Waals surface area contributed by atoms with E-state index in [1.807, 2.05) is 47.1 Å². The summed E-state index contributed by atoms with van der Waals surface area (Å²) in [6.07, 6.45) is 4.19. The Hall–Kier alpha value is -3.50. The van der Waals surface area contributed by atoms with Gasteiger partial charge in [-0.05, 0) is 75.0 Å². The van der Waals surface area contributed by atoms with Crippen LogP contribution in [0.3, 0.4) is 0 Å². The molecule has 3 aliphatic heterocycles. The molecule has 5 amide bonds. The van der Waals surface area contributed by atoms with Crippen molar-refractivity contribution in [2.24, 2.45) is 0 Å². The van der Waals surface area contributed by atoms with Crippen LogP contribution in [0.2, 0.25) is 5.02 Å². The first kappa shape index (κ1) is 30.9. The van der Waals surface area contributed by atoms with Crippen molar-refractivity contribution in [1.82, 2.24) is 24.9 Å². The van der Waals surface area contributed by atoms with Crippen molar-refractivity contribution in [2.45, 2.75) is 70.1 Å². The Bertz CT molecular complexity index is 1340. The lowest BCUT2D eigenvalue weighted by Gasteiger charge is -2.41. The van der Waals surface area contributed by atoms with Crippen LogP contribution in [0.1, 0.15) is 49.3 Å². The standard InChI is InChI=1S/C32H44ClN7O3/c1-4-22-17-21(18-26(33)29(22)34)19-28(30(41)38-13-9-24(10-14-38)37(2)3)36-31(42)39-15-11-25(12-16-39)40-20-23-7-5-6-8-27(23)35-32(40)43/h5-8,17-18,24-25,28H,4,9-16,19-20,34H2,1-3H3,(H,35,43)(H,36,42)/t28-/m1/s1. The second kappa shape index (κ2) is 13.4. The van der Waals surface area contributed by atoms with Crippen LogP contribution in [0.5, 0.6) is 0 Å². The second-order valence-corrected chi connectivity index (χ2v) is 12.6. The summed E-state index contributed by atoms with van der Waals surface area (Å²) in [4.78, 5) is 48.0. The largest absolute Gasteiger partial charge is 0.397 e. The van der Waals surface area contributed by atoms with Crippen molar-refractivity contribution in [3.63, 3.8) is 0 Å². The van der Waals surface area contributed by atoms with Crippen molar-refractivity contribution in [1.29, 1.82) is 0 Å². The zero-order chi connectivity index (χ0) is 30.7. The predicted octanol–water partition coefficient (Wildman–Crippen LogP) is 4.17. The fourth-order valence-corrected chi connectivity index (χ4v) is 6.81. The van der Waals surface area contributed by atoms with E-state index in [1.54, 1.807) is 11.0 Å². The van der Waals surface area contributed by atoms with Gasteiger partial charge in [-0.25, -0.2) is 9.59 Å². The number of amides is 5. The lowest BCUT2D eigenvalue weighted by molar-refractivity contribution is -0.134. The summed E-state index contributed by atoms with van der Waals surface area (Å²) < 4.78 is 0. The van der Waals surface area contributed by atoms with Crippen molar-refractivity contribution < 1.29 is 14.4 Å². The number of nitrogens with one attached hydrogen (secondary N) is 2. The number of rotatable bonds is 7. The monoisotopic (exact) mass is 609 g/mol. The molecule has 2 fully saturated rings. The number of carbonyl (C=O) groups excluding carboxylic acids is 3. The number of hydrogen-bond donors (Lipinski definition) is 3. The van der Waals surface area contributed by atoms with E-state index in [0.717, 1.165) is 41.6 Å². The number of para-hydroxylation sites is 1. The molecule has 0 aliphatic carbocycles. The van der Waals surface area contributed by atoms with Crippen LogP contribution in [0.25, 0.3) is 0 Å². The predicted molar refractivity (Wildman–Crippen MR) is 170 cm³/mol. The van der Waals surface area contributed by atoms with E-state index >= 15 is 0 Å². The third kappa shape index (κ3) is 7.02. The zero-order valence-electron chi connectivity index (χ0n) is 25.4. The molecule has 3 aliphatic rings. The van der Waals surface area contributed by atoms with Gasteiger partial charge in [0.05, 0.1) is 10.7 Å². The van der Waals surface area contributed by atoms with Crippen LogP contribution in [0, 0.1) is 0 Å². The number of nitrogen functional groups attached to an aromatic ring is 1. The van der Waals surface area contributed by atoms with Gasteiger partial charge in [0, 0.05) is 56.9 Å². The number of halogens is 1. The number of urea groups is 2. The fraction of sp³-hybridized carbons (Fsp3) is 0.531. The maximum absolute atomic E-state index is 13.9. The minimum atomic E-state index is -0.727. The molecule has 2 aromatic rings. The highest BCUT2D eigenvalue weighted by Crippen LogP contribution is 2.29. The number of piperidine rings is 2. The van der Waals surface area contributed by atoms with Gasteiger partial charge in [-0.2, -0.15) is 0 Å². The van der Waals surface area contributed by atoms with Gasteiger partial charge in [-0.15, -0.1) is 0 Å². The lowest BCUT2D eigenvalue weighted by Crippen LogP contribution is -2.57. The van der Waals surface area contributed by atoms with Gasteiger partial charge in [0.25, 0.3) is 0 Å². The Morgan fingerprint density at radius 2 is 1.74 bits per heavy atom. The molecule has 232 valence electrons. The zero-order valence-corrected chi connectivity index (χ0v) is 26.2. The number of aryl methyl sites for hydroxylation is 1. The van der Waals surface area contributed by atoms with Gasteiger partial charge in [0.1, 0.15) is 6.04 Å². The van der Waals surface area contributed by atoms with E-state index in [0.29, 0.717) is 68.7 Å². The highest BCUT2D eigenvalue weighted by Gasteiger charge is 2.35. The number of nitrogens with two attached hydrogens (primary N) is 1. The van der Waals surface area contributed by atoms with Crippen LogP contribution < -0.4 is 16.4 Å². The summed E-state index contributed by atoms with van der Waals surface area (Å²) >= 11 is 6.45. The number of likely N-dealkylation sites (tertiary alicyclic amines) is 2. The normalized spacial score (nSPS) is 18.8. The average Bonchev–Trinajstić information content (AvgIpc) is 3.01. The molecule has 0 radical (unpaired) electrons. The molecule has 2 aromatic carbocycles. The van der Waals surface area contributed by atoms with Crippen LogP contribution >= 0.6 is 11.6 Å². The molecule has 0 saturated carbocycles. The van der Waals surface area contributed by atoms with Crippen molar-refractivity contribution >= 4 is 40.9 Å². The molecule has 0 aromatic heterocycles. The van der Waals surface area contributed by atoms with Crippen molar-refractivity contribution in [3.8, 4) is 0 Å². The molecular weight excluding hydrogens is 566 g/mol. The first-order valence-electron chi connectivity index (χ1n) is 15.4. The Morgan fingerprint density at radius 1 is 1.07 bits per heavy atom. The van der Waals surface area contributed by atoms with Crippen LogP contribution in [0.4, 0.5) is 21.0 Å². The van der Waals surface area contributed by atoms with Gasteiger partial charge in [0.15, 0.2) is 0 Å². The SMILES string of the molecule is CCc1cc(C[C@@H](NC(=O)N2CCC(N3Cc4ccccc4NC3=O)CC2)C(=O)N2CCC(N(C)C)CC2)cc(Cl)c1N. The maximum atomic E-state index is 13.9. The molecule has 2 saturated heterocycles. The molecule has 43 heavy (non-hydrogen) atoms. The molecule has 1 atom stereocenters. The summed E-state index contributed by atoms with van der Waals surface area (Å²) in [6, 6.07) is 11.0. The lowest BCUT2D eigenvalue weighted by atomic mass is 9.98. The molecule has 0 bridgehead atoms. The van der Waals surface area contributed by atoms with E-state index in [9.17, 15) is 14.4 Å². The minimum absolute atomic E-state index is 0.0391. The van der Waals surface area contributed by atoms with Crippen LogP contribution in [0.15, 0.2) is 36.4 Å². The molecule has 3 heterocycles. The molecule has 0 unspecified atom stereocenters. The van der Waals surface area contributed by atoms with E-state index in [-0.39, 0.29) is 24.0 Å². The molecule has 4 N–H and O–H groups in total. The van der Waals surface area contributed by atoms with Gasteiger partial charge >= 0.3 is 12.1 Å². The van der Waals surface area contributed by atoms with E-state index in [1.165, 1.54) is 0 Å². The molecule has 10 nitrogen and oxygen atoms in total. The van der Waals surface area contributed by atoms with Gasteiger partial charge in [0.2, 0.25) is 5.91 Å². The van der Waals surface area contributed by atoms with E-state index < -0.39 is 6.04 Å². The number of nitrogens with zero attached hydrogens (tertiary/aromatic N) is 4. The number of carbonyl (C=O) groups is 3. The van der Waals surface area contributed by atoms with Crippen molar-refractivity contribution in [3.05, 3.63) is 58.1 Å². The molecule has 0 spiro atoms. The third-order valence-corrected chi connectivity index (χ3v) is 9.56. The molecule has 11 heteroatoms. The van der Waals surface area contributed by atoms with Crippen LogP contribution in [-0.2, 0) is 24.2 Å². The van der Waals surface area contributed by atoms with E-state index in [2.05, 4.69) is 29.6 Å². The fourth-order valence-electron chi connectivity index (χ4n) is 6.54. The quantitative estimate of drug-likeness (QED) is 0.408. The summed E-state index contributed by atoms with van der Waals surface area (Å²) in [7, 11) is 4.14. The highest BCUT2D eigenvalue weighted by atomic mass is 35.5. The van der Waals surface area contributed by atoms with E-state index in [4.69, 9.17) is 17.3 Å². The molecule has 5 rings (SSSR count). The summed E-state index contributed by atoms with van der Waals surface area (Å²) in [6.45, 7) is 4.90. The first-order chi connectivity index (χ1) is 20.6. The summed E-state index contributed by atoms with van der Waals surface area (Å²) in [5, 5.41) is 6.53. The number of hydrogen-bond acceptors (Lipinski definition) is 5. The van der Waals surface area contributed by atoms with Crippen LogP contribution in [-0.4, -0.2) is 96.0 Å². The Morgan fingerprint density at radius 3 is 2.42 bits per heavy atom. The smallest absolute Gasteiger partial charge is 0.322 e. The third-order valence-electron chi connectivity index (χ3n) is 9.25. The highest BCUT2D eigenvalue weighted by molar-refractivity contribution is 6.33. The average molecular weight is 610 g/mol. The number of benzene rings is 2. The topological polar surface area (TPSA) is 114 Å². The van der Waals surface area contributed by atoms with Crippen molar-refractivity contribution in [2.75, 3.05) is 51.3 Å². The van der Waals surface area contributed by atoms with Gasteiger partial charge in [-0.1, -0.05) is 42.8 Å². The Balaban J connectivity index is 1.25. The number of fused-ring (bicyclic) bond motifs is 1. The van der Waals surface area contributed by atoms with Gasteiger partial charge < -0.3 is 36.0 Å². The Labute approximate surface area is 259 Å². The minimum Gasteiger partial charge on any atom is -0.397 e. The number of anilines is 2.